The van der Waals surface area contributed by atoms with Crippen molar-refractivity contribution in [2.75, 3.05) is 50.0 Å². The Bertz CT molecular complexity index is 1300. The lowest BCUT2D eigenvalue weighted by atomic mass is 10.2. The van der Waals surface area contributed by atoms with Crippen LogP contribution in [0.2, 0.25) is 5.02 Å². The fourth-order valence-electron chi connectivity index (χ4n) is 4.22. The van der Waals surface area contributed by atoms with Crippen LogP contribution >= 0.6 is 22.9 Å². The predicted octanol–water partition coefficient (Wildman–Crippen LogP) is 4.88. The van der Waals surface area contributed by atoms with Crippen LogP contribution in [0.25, 0.3) is 10.2 Å². The van der Waals surface area contributed by atoms with Crippen molar-refractivity contribution in [2.45, 2.75) is 38.0 Å². The first-order valence-corrected chi connectivity index (χ1v) is 15.0. The number of aryl methyl sites for hydroxylation is 2. The highest BCUT2D eigenvalue weighted by molar-refractivity contribution is 7.91. The number of fused-ring (bicyclic) bond motifs is 1. The summed E-state index contributed by atoms with van der Waals surface area (Å²) in [5.74, 6) is -0.184. The van der Waals surface area contributed by atoms with Gasteiger partial charge in [-0.1, -0.05) is 40.6 Å². The number of sulfone groups is 1. The number of hydrogen-bond donors (Lipinski definition) is 0. The van der Waals surface area contributed by atoms with Gasteiger partial charge in [0, 0.05) is 37.6 Å². The van der Waals surface area contributed by atoms with Crippen LogP contribution in [-0.4, -0.2) is 69.4 Å². The van der Waals surface area contributed by atoms with Gasteiger partial charge in [0.2, 0.25) is 5.91 Å². The van der Waals surface area contributed by atoms with Crippen LogP contribution in [0.4, 0.5) is 5.13 Å². The monoisotopic (exact) mass is 549 g/mol. The molecule has 1 amide bonds. The van der Waals surface area contributed by atoms with E-state index in [0.29, 0.717) is 21.6 Å². The van der Waals surface area contributed by atoms with Crippen molar-refractivity contribution in [2.24, 2.45) is 0 Å². The smallest absolute Gasteiger partial charge is 0.228 e. The molecule has 0 saturated carbocycles. The normalized spacial score (nSPS) is 14.9. The molecule has 10 heteroatoms. The van der Waals surface area contributed by atoms with Gasteiger partial charge < -0.3 is 4.74 Å². The standard InChI is InChI=1S/C26H32ClN3O4S2/c1-19-6-8-21(9-7-19)36(32,33)18-3-5-24(31)30(13-4-12-29-14-16-34-17-15-29)26-28-25-20(2)22(27)10-11-23(25)35-26/h6-11H,3-5,12-18H2,1-2H3. The molecule has 0 bridgehead atoms. The Balaban J connectivity index is 1.45. The molecule has 1 aliphatic heterocycles. The van der Waals surface area contributed by atoms with Gasteiger partial charge in [-0.3, -0.25) is 14.6 Å². The summed E-state index contributed by atoms with van der Waals surface area (Å²) in [5.41, 5.74) is 2.70. The Morgan fingerprint density at radius 2 is 1.83 bits per heavy atom. The van der Waals surface area contributed by atoms with Gasteiger partial charge in [0.05, 0.1) is 34.1 Å². The minimum atomic E-state index is -3.44. The van der Waals surface area contributed by atoms with Crippen LogP contribution < -0.4 is 4.90 Å². The number of nitrogens with zero attached hydrogens (tertiary/aromatic N) is 3. The Kier molecular flexibility index (Phi) is 9.00. The minimum absolute atomic E-state index is 0.0714. The van der Waals surface area contributed by atoms with Crippen LogP contribution in [0, 0.1) is 13.8 Å². The van der Waals surface area contributed by atoms with E-state index in [-0.39, 0.29) is 24.5 Å². The number of hydrogen-bond acceptors (Lipinski definition) is 7. The van der Waals surface area contributed by atoms with Crippen molar-refractivity contribution < 1.29 is 17.9 Å². The molecule has 36 heavy (non-hydrogen) atoms. The molecule has 0 spiro atoms. The molecule has 0 N–H and O–H groups in total. The van der Waals surface area contributed by atoms with Gasteiger partial charge in [0.1, 0.15) is 0 Å². The van der Waals surface area contributed by atoms with E-state index in [0.717, 1.165) is 60.6 Å². The van der Waals surface area contributed by atoms with E-state index in [1.54, 1.807) is 29.2 Å². The van der Waals surface area contributed by atoms with E-state index in [4.69, 9.17) is 21.3 Å². The molecule has 2 heterocycles. The van der Waals surface area contributed by atoms with Crippen LogP contribution in [0.15, 0.2) is 41.3 Å². The molecule has 0 atom stereocenters. The molecule has 1 aliphatic rings. The number of halogens is 1. The predicted molar refractivity (Wildman–Crippen MR) is 146 cm³/mol. The average molecular weight is 550 g/mol. The van der Waals surface area contributed by atoms with E-state index in [1.165, 1.54) is 11.3 Å². The number of rotatable bonds is 10. The molecule has 2 aromatic carbocycles. The maximum atomic E-state index is 13.4. The number of amides is 1. The maximum absolute atomic E-state index is 13.4. The molecular weight excluding hydrogens is 518 g/mol. The van der Waals surface area contributed by atoms with E-state index in [9.17, 15) is 13.2 Å². The van der Waals surface area contributed by atoms with E-state index >= 15 is 0 Å². The number of thiazole rings is 1. The quantitative estimate of drug-likeness (QED) is 0.359. The van der Waals surface area contributed by atoms with Crippen molar-refractivity contribution in [3.63, 3.8) is 0 Å². The topological polar surface area (TPSA) is 79.8 Å². The van der Waals surface area contributed by atoms with Gasteiger partial charge in [-0.15, -0.1) is 0 Å². The lowest BCUT2D eigenvalue weighted by molar-refractivity contribution is -0.118. The van der Waals surface area contributed by atoms with Gasteiger partial charge >= 0.3 is 0 Å². The van der Waals surface area contributed by atoms with Gasteiger partial charge in [-0.05, 0) is 56.5 Å². The molecule has 1 aromatic heterocycles. The highest BCUT2D eigenvalue weighted by Gasteiger charge is 2.22. The first-order chi connectivity index (χ1) is 17.2. The average Bonchev–Trinajstić information content (AvgIpc) is 3.29. The summed E-state index contributed by atoms with van der Waals surface area (Å²) in [6.07, 6.45) is 1.19. The zero-order valence-corrected chi connectivity index (χ0v) is 23.1. The first kappa shape index (κ1) is 27.0. The molecular formula is C26H32ClN3O4S2. The molecule has 1 saturated heterocycles. The van der Waals surface area contributed by atoms with Crippen molar-refractivity contribution in [1.82, 2.24) is 9.88 Å². The van der Waals surface area contributed by atoms with Gasteiger partial charge in [0.25, 0.3) is 0 Å². The summed E-state index contributed by atoms with van der Waals surface area (Å²) in [4.78, 5) is 22.5. The first-order valence-electron chi connectivity index (χ1n) is 12.2. The number of carbonyl (C=O) groups is 1. The second-order valence-electron chi connectivity index (χ2n) is 9.10. The molecule has 4 rings (SSSR count). The number of carbonyl (C=O) groups excluding carboxylic acids is 1. The van der Waals surface area contributed by atoms with Crippen molar-refractivity contribution in [3.8, 4) is 0 Å². The maximum Gasteiger partial charge on any atom is 0.228 e. The van der Waals surface area contributed by atoms with Crippen LogP contribution in [-0.2, 0) is 19.4 Å². The molecule has 1 fully saturated rings. The van der Waals surface area contributed by atoms with Crippen LogP contribution in [0.3, 0.4) is 0 Å². The summed E-state index contributed by atoms with van der Waals surface area (Å²) in [6, 6.07) is 10.6. The van der Waals surface area contributed by atoms with Gasteiger partial charge in [0.15, 0.2) is 15.0 Å². The Morgan fingerprint density at radius 3 is 2.56 bits per heavy atom. The Labute approximate surface area is 221 Å². The summed E-state index contributed by atoms with van der Waals surface area (Å²) in [5, 5.41) is 1.27. The third-order valence-electron chi connectivity index (χ3n) is 6.41. The third kappa shape index (κ3) is 6.63. The van der Waals surface area contributed by atoms with E-state index in [2.05, 4.69) is 4.90 Å². The molecule has 0 radical (unpaired) electrons. The van der Waals surface area contributed by atoms with Crippen molar-refractivity contribution >= 4 is 54.0 Å². The van der Waals surface area contributed by atoms with E-state index < -0.39 is 9.84 Å². The van der Waals surface area contributed by atoms with Crippen molar-refractivity contribution in [3.05, 3.63) is 52.5 Å². The summed E-state index contributed by atoms with van der Waals surface area (Å²) < 4.78 is 31.9. The number of ether oxygens (including phenoxy) is 1. The third-order valence-corrected chi connectivity index (χ3v) is 9.68. The van der Waals surface area contributed by atoms with Gasteiger partial charge in [-0.2, -0.15) is 0 Å². The number of morpholine rings is 1. The van der Waals surface area contributed by atoms with Crippen molar-refractivity contribution in [1.29, 1.82) is 0 Å². The van der Waals surface area contributed by atoms with E-state index in [1.807, 2.05) is 26.0 Å². The number of aromatic nitrogens is 1. The zero-order chi connectivity index (χ0) is 25.7. The van der Waals surface area contributed by atoms with Crippen LogP contribution in [0.1, 0.15) is 30.4 Å². The highest BCUT2D eigenvalue weighted by atomic mass is 35.5. The lowest BCUT2D eigenvalue weighted by Gasteiger charge is -2.27. The fourth-order valence-corrected chi connectivity index (χ4v) is 6.75. The van der Waals surface area contributed by atoms with Crippen LogP contribution in [0.5, 0.6) is 0 Å². The molecule has 0 unspecified atom stereocenters. The minimum Gasteiger partial charge on any atom is -0.379 e. The SMILES string of the molecule is Cc1ccc(S(=O)(=O)CCCC(=O)N(CCCN2CCOCC2)c2nc3c(C)c(Cl)ccc3s2)cc1. The van der Waals surface area contributed by atoms with Gasteiger partial charge in [-0.25, -0.2) is 13.4 Å². The Morgan fingerprint density at radius 1 is 1.11 bits per heavy atom. The highest BCUT2D eigenvalue weighted by Crippen LogP contribution is 2.34. The summed E-state index contributed by atoms with van der Waals surface area (Å²) in [7, 11) is -3.44. The number of anilines is 1. The zero-order valence-electron chi connectivity index (χ0n) is 20.7. The molecule has 0 aliphatic carbocycles. The molecule has 3 aromatic rings. The number of benzene rings is 2. The molecule has 7 nitrogen and oxygen atoms in total. The summed E-state index contributed by atoms with van der Waals surface area (Å²) >= 11 is 7.75. The second kappa shape index (κ2) is 12.0. The Hall–Kier alpha value is -2.04. The fraction of sp³-hybridized carbons (Fsp3) is 0.462. The summed E-state index contributed by atoms with van der Waals surface area (Å²) in [6.45, 7) is 8.48. The molecule has 194 valence electrons. The second-order valence-corrected chi connectivity index (χ2v) is 12.6. The largest absolute Gasteiger partial charge is 0.379 e. The lowest BCUT2D eigenvalue weighted by Crippen LogP contribution is -2.39.